The van der Waals surface area contributed by atoms with Crippen molar-refractivity contribution in [1.82, 2.24) is 15.5 Å². The minimum absolute atomic E-state index is 0.0421. The number of aldehydes is 1. The maximum absolute atomic E-state index is 13.6. The molecular weight excluding hydrogens is 394 g/mol. The van der Waals surface area contributed by atoms with E-state index in [9.17, 15) is 14.4 Å². The predicted octanol–water partition coefficient (Wildman–Crippen LogP) is 2.67. The first-order valence-electron chi connectivity index (χ1n) is 11.4. The smallest absolute Gasteiger partial charge is 0.246 e. The molecule has 0 aromatic heterocycles. The van der Waals surface area contributed by atoms with Gasteiger partial charge in [-0.15, -0.1) is 6.58 Å². The molecule has 0 bridgehead atoms. The molecule has 2 aliphatic carbocycles. The van der Waals surface area contributed by atoms with Crippen molar-refractivity contribution < 1.29 is 19.1 Å². The highest BCUT2D eigenvalue weighted by molar-refractivity contribution is 5.93. The van der Waals surface area contributed by atoms with Crippen LogP contribution in [0.5, 0.6) is 0 Å². The molecule has 0 aromatic carbocycles. The van der Waals surface area contributed by atoms with Crippen molar-refractivity contribution in [3.63, 3.8) is 0 Å². The molecular formula is C24H37N3O4. The molecule has 1 heterocycles. The molecule has 4 atom stereocenters. The van der Waals surface area contributed by atoms with E-state index >= 15 is 0 Å². The van der Waals surface area contributed by atoms with E-state index in [1.165, 1.54) is 0 Å². The third-order valence-corrected chi connectivity index (χ3v) is 6.78. The first-order valence-corrected chi connectivity index (χ1v) is 11.4. The number of nitrogens with zero attached hydrogens (tertiary/aromatic N) is 1. The van der Waals surface area contributed by atoms with Crippen LogP contribution in [0.3, 0.4) is 0 Å². The van der Waals surface area contributed by atoms with Crippen molar-refractivity contribution in [3.8, 4) is 0 Å². The van der Waals surface area contributed by atoms with Crippen molar-refractivity contribution >= 4 is 18.1 Å². The Balaban J connectivity index is 1.67. The fourth-order valence-corrected chi connectivity index (χ4v) is 4.74. The van der Waals surface area contributed by atoms with E-state index in [0.29, 0.717) is 25.3 Å². The molecule has 3 aliphatic rings. The highest BCUT2D eigenvalue weighted by Gasteiger charge is 2.55. The van der Waals surface area contributed by atoms with E-state index in [1.54, 1.807) is 11.0 Å². The zero-order valence-corrected chi connectivity index (χ0v) is 19.1. The Hall–Kier alpha value is -2.31. The maximum atomic E-state index is 13.6. The van der Waals surface area contributed by atoms with Crippen LogP contribution >= 0.6 is 0 Å². The van der Waals surface area contributed by atoms with Crippen molar-refractivity contribution in [2.24, 2.45) is 11.3 Å². The average Bonchev–Trinajstić information content (AvgIpc) is 3.08. The van der Waals surface area contributed by atoms with Gasteiger partial charge in [0.25, 0.3) is 0 Å². The normalized spacial score (nSPS) is 29.2. The standard InChI is InChI=1S/C24H37N3O4/c1-6-17-14-24(17,15-28)26-21(29)19-12-9-13-27(19)22(30)20(23(3,4)5)25-16(2)31-18-10-7-8-11-18/h6,15,17-20,25H,1-2,7-14H2,3-5H3,(H,26,29)/t17-,19+,20-,24+/m1/s1. The highest BCUT2D eigenvalue weighted by Crippen LogP contribution is 2.42. The van der Waals surface area contributed by atoms with Gasteiger partial charge in [-0.25, -0.2) is 0 Å². The minimum Gasteiger partial charge on any atom is -0.476 e. The third-order valence-electron chi connectivity index (χ3n) is 6.78. The average molecular weight is 432 g/mol. The molecule has 1 aliphatic heterocycles. The number of likely N-dealkylation sites (tertiary alicyclic amines) is 1. The molecule has 2 N–H and O–H groups in total. The second kappa shape index (κ2) is 9.05. The zero-order chi connectivity index (χ0) is 22.8. The van der Waals surface area contributed by atoms with Gasteiger partial charge in [0.15, 0.2) is 5.88 Å². The van der Waals surface area contributed by atoms with E-state index in [-0.39, 0.29) is 23.8 Å². The van der Waals surface area contributed by atoms with E-state index in [2.05, 4.69) is 23.8 Å². The summed E-state index contributed by atoms with van der Waals surface area (Å²) in [6.45, 7) is 14.2. The molecule has 0 unspecified atom stereocenters. The highest BCUT2D eigenvalue weighted by atomic mass is 16.5. The van der Waals surface area contributed by atoms with Gasteiger partial charge >= 0.3 is 0 Å². The molecule has 0 aromatic rings. The Morgan fingerprint density at radius 3 is 2.42 bits per heavy atom. The molecule has 7 nitrogen and oxygen atoms in total. The second-order valence-electron chi connectivity index (χ2n) is 10.3. The first kappa shape index (κ1) is 23.4. The summed E-state index contributed by atoms with van der Waals surface area (Å²) >= 11 is 0. The van der Waals surface area contributed by atoms with Gasteiger partial charge < -0.3 is 25.1 Å². The molecule has 2 saturated carbocycles. The number of hydrogen-bond acceptors (Lipinski definition) is 5. The first-order chi connectivity index (χ1) is 14.6. The van der Waals surface area contributed by atoms with E-state index in [1.807, 2.05) is 20.8 Å². The summed E-state index contributed by atoms with van der Waals surface area (Å²) in [5.74, 6) is -0.0415. The summed E-state index contributed by atoms with van der Waals surface area (Å²) in [5.41, 5.74) is -1.27. The van der Waals surface area contributed by atoms with Gasteiger partial charge in [-0.2, -0.15) is 0 Å². The number of amides is 2. The van der Waals surface area contributed by atoms with Crippen LogP contribution in [0.15, 0.2) is 25.1 Å². The van der Waals surface area contributed by atoms with Gasteiger partial charge in [0.05, 0.1) is 0 Å². The van der Waals surface area contributed by atoms with Crippen molar-refractivity contribution in [3.05, 3.63) is 25.1 Å². The van der Waals surface area contributed by atoms with Gasteiger partial charge in [-0.05, 0) is 56.9 Å². The Kier molecular flexibility index (Phi) is 6.82. The van der Waals surface area contributed by atoms with Crippen LogP contribution in [0.2, 0.25) is 0 Å². The lowest BCUT2D eigenvalue weighted by Crippen LogP contribution is -2.57. The summed E-state index contributed by atoms with van der Waals surface area (Å²) in [7, 11) is 0. The van der Waals surface area contributed by atoms with Crippen molar-refractivity contribution in [2.75, 3.05) is 6.54 Å². The van der Waals surface area contributed by atoms with Crippen molar-refractivity contribution in [1.29, 1.82) is 0 Å². The van der Waals surface area contributed by atoms with Crippen LogP contribution in [0.1, 0.15) is 65.7 Å². The fourth-order valence-electron chi connectivity index (χ4n) is 4.74. The monoisotopic (exact) mass is 431 g/mol. The van der Waals surface area contributed by atoms with Crippen LogP contribution in [-0.2, 0) is 19.1 Å². The molecule has 3 rings (SSSR count). The largest absolute Gasteiger partial charge is 0.476 e. The number of rotatable bonds is 9. The fraction of sp³-hybridized carbons (Fsp3) is 0.708. The zero-order valence-electron chi connectivity index (χ0n) is 19.1. The predicted molar refractivity (Wildman–Crippen MR) is 119 cm³/mol. The molecule has 2 amide bonds. The quantitative estimate of drug-likeness (QED) is 0.333. The number of hydrogen-bond donors (Lipinski definition) is 2. The Labute approximate surface area is 185 Å². The van der Waals surface area contributed by atoms with Gasteiger partial charge in [0.2, 0.25) is 11.8 Å². The van der Waals surface area contributed by atoms with Crippen LogP contribution in [0.4, 0.5) is 0 Å². The lowest BCUT2D eigenvalue weighted by atomic mass is 9.85. The number of nitrogens with one attached hydrogen (secondary N) is 2. The van der Waals surface area contributed by atoms with Gasteiger partial charge in [0, 0.05) is 12.5 Å². The molecule has 1 saturated heterocycles. The van der Waals surface area contributed by atoms with Crippen LogP contribution in [0.25, 0.3) is 0 Å². The van der Waals surface area contributed by atoms with Crippen LogP contribution < -0.4 is 10.6 Å². The van der Waals surface area contributed by atoms with E-state index in [0.717, 1.165) is 38.4 Å². The molecule has 31 heavy (non-hydrogen) atoms. The van der Waals surface area contributed by atoms with Crippen molar-refractivity contribution in [2.45, 2.75) is 89.4 Å². The SMILES string of the molecule is C=C[C@@H]1C[C@@]1(C=O)NC(=O)[C@@H]1CCCN1C(=O)[C@@H](NC(=C)OC1CCCC1)C(C)(C)C. The summed E-state index contributed by atoms with van der Waals surface area (Å²) in [6, 6.07) is -1.15. The van der Waals surface area contributed by atoms with Gasteiger partial charge in [0.1, 0.15) is 30.0 Å². The lowest BCUT2D eigenvalue weighted by Gasteiger charge is -2.36. The molecule has 7 heteroatoms. The summed E-state index contributed by atoms with van der Waals surface area (Å²) in [4.78, 5) is 39.7. The van der Waals surface area contributed by atoms with E-state index in [4.69, 9.17) is 4.74 Å². The minimum atomic E-state index is -0.860. The number of carbonyl (C=O) groups is 3. The number of ether oxygens (including phenoxy) is 1. The molecule has 3 fully saturated rings. The third kappa shape index (κ3) is 5.13. The van der Waals surface area contributed by atoms with Crippen LogP contribution in [0, 0.1) is 11.3 Å². The summed E-state index contributed by atoms with van der Waals surface area (Å²) < 4.78 is 5.93. The van der Waals surface area contributed by atoms with Gasteiger partial charge in [-0.1, -0.05) is 26.8 Å². The molecule has 0 spiro atoms. The second-order valence-corrected chi connectivity index (χ2v) is 10.3. The molecule has 0 radical (unpaired) electrons. The topological polar surface area (TPSA) is 87.7 Å². The summed E-state index contributed by atoms with van der Waals surface area (Å²) in [6.07, 6.45) is 8.86. The Bertz CT molecular complexity index is 738. The Morgan fingerprint density at radius 1 is 1.19 bits per heavy atom. The lowest BCUT2D eigenvalue weighted by molar-refractivity contribution is -0.142. The van der Waals surface area contributed by atoms with Crippen LogP contribution in [-0.4, -0.2) is 53.3 Å². The number of carbonyl (C=O) groups excluding carboxylic acids is 3. The summed E-state index contributed by atoms with van der Waals surface area (Å²) in [5, 5.41) is 6.08. The van der Waals surface area contributed by atoms with Gasteiger partial charge in [-0.3, -0.25) is 9.59 Å². The van der Waals surface area contributed by atoms with E-state index < -0.39 is 23.0 Å². The molecule has 172 valence electrons. The Morgan fingerprint density at radius 2 is 1.87 bits per heavy atom. The maximum Gasteiger partial charge on any atom is 0.246 e.